The van der Waals surface area contributed by atoms with E-state index < -0.39 is 0 Å². The van der Waals surface area contributed by atoms with Crippen molar-refractivity contribution in [3.8, 4) is 0 Å². The van der Waals surface area contributed by atoms with Crippen LogP contribution in [0, 0.1) is 5.82 Å². The number of hydrogen-bond acceptors (Lipinski definition) is 4. The van der Waals surface area contributed by atoms with Crippen molar-refractivity contribution in [1.82, 2.24) is 15.1 Å². The van der Waals surface area contributed by atoms with Gasteiger partial charge >= 0.3 is 0 Å². The molecule has 1 saturated heterocycles. The fourth-order valence-electron chi connectivity index (χ4n) is 3.54. The molecule has 1 heterocycles. The van der Waals surface area contributed by atoms with Crippen LogP contribution in [0.2, 0.25) is 0 Å². The maximum atomic E-state index is 13.6. The highest BCUT2D eigenvalue weighted by molar-refractivity contribution is 5.93. The van der Waals surface area contributed by atoms with Crippen molar-refractivity contribution in [2.45, 2.75) is 19.9 Å². The molecule has 0 radical (unpaired) electrons. The third kappa shape index (κ3) is 6.37. The van der Waals surface area contributed by atoms with Crippen molar-refractivity contribution >= 4 is 17.5 Å². The van der Waals surface area contributed by atoms with Crippen LogP contribution < -0.4 is 10.6 Å². The summed E-state index contributed by atoms with van der Waals surface area (Å²) < 4.78 is 13.6. The predicted molar refractivity (Wildman–Crippen MR) is 116 cm³/mol. The molecule has 0 spiro atoms. The van der Waals surface area contributed by atoms with Crippen LogP contribution in [0.5, 0.6) is 0 Å². The molecule has 6 nitrogen and oxygen atoms in total. The van der Waals surface area contributed by atoms with E-state index in [1.807, 2.05) is 24.3 Å². The lowest BCUT2D eigenvalue weighted by Crippen LogP contribution is -2.51. The summed E-state index contributed by atoms with van der Waals surface area (Å²) in [6, 6.07) is 14.3. The molecule has 160 valence electrons. The Morgan fingerprint density at radius 2 is 1.43 bits per heavy atom. The second-order valence-corrected chi connectivity index (χ2v) is 7.48. The molecule has 1 fully saturated rings. The minimum absolute atomic E-state index is 0.0213. The second-order valence-electron chi connectivity index (χ2n) is 7.48. The topological polar surface area (TPSA) is 64.7 Å². The molecule has 0 aromatic heterocycles. The molecule has 2 aromatic rings. The van der Waals surface area contributed by atoms with Crippen molar-refractivity contribution in [2.75, 3.05) is 44.6 Å². The van der Waals surface area contributed by atoms with E-state index in [1.165, 1.54) is 6.07 Å². The first kappa shape index (κ1) is 21.9. The number of amides is 2. The van der Waals surface area contributed by atoms with E-state index in [4.69, 9.17) is 0 Å². The number of nitrogens with zero attached hydrogens (tertiary/aromatic N) is 2. The van der Waals surface area contributed by atoms with E-state index in [0.29, 0.717) is 25.2 Å². The van der Waals surface area contributed by atoms with Crippen LogP contribution in [-0.4, -0.2) is 60.9 Å². The standard InChI is InChI=1S/C23H29FN4O2/c1-2-18-7-4-6-10-21(18)26-23(30)17-28-13-11-27(12-14-28)16-22(29)25-15-19-8-3-5-9-20(19)24/h3-10H,2,11-17H2,1H3,(H,25,29)(H,26,30). The highest BCUT2D eigenvalue weighted by atomic mass is 19.1. The Bertz CT molecular complexity index is 866. The average molecular weight is 413 g/mol. The van der Waals surface area contributed by atoms with Gasteiger partial charge in [0.2, 0.25) is 11.8 Å². The summed E-state index contributed by atoms with van der Waals surface area (Å²) >= 11 is 0. The Balaban J connectivity index is 1.37. The van der Waals surface area contributed by atoms with Gasteiger partial charge in [-0.3, -0.25) is 19.4 Å². The van der Waals surface area contributed by atoms with E-state index in [-0.39, 0.29) is 30.7 Å². The number of carbonyl (C=O) groups excluding carboxylic acids is 2. The molecular formula is C23H29FN4O2. The minimum Gasteiger partial charge on any atom is -0.351 e. The number of rotatable bonds is 8. The minimum atomic E-state index is -0.314. The Morgan fingerprint density at radius 1 is 0.867 bits per heavy atom. The maximum absolute atomic E-state index is 13.6. The number of halogens is 1. The summed E-state index contributed by atoms with van der Waals surface area (Å²) in [5.41, 5.74) is 2.47. The zero-order valence-corrected chi connectivity index (χ0v) is 17.4. The molecule has 1 aliphatic rings. The van der Waals surface area contributed by atoms with Crippen molar-refractivity contribution in [3.05, 3.63) is 65.5 Å². The molecule has 2 amide bonds. The number of nitrogens with one attached hydrogen (secondary N) is 2. The van der Waals surface area contributed by atoms with Gasteiger partial charge < -0.3 is 10.6 Å². The third-order valence-corrected chi connectivity index (χ3v) is 5.31. The van der Waals surface area contributed by atoms with E-state index in [9.17, 15) is 14.0 Å². The molecule has 2 aromatic carbocycles. The lowest BCUT2D eigenvalue weighted by molar-refractivity contribution is -0.123. The van der Waals surface area contributed by atoms with Crippen LogP contribution in [0.3, 0.4) is 0 Å². The first-order valence-corrected chi connectivity index (χ1v) is 10.4. The fraction of sp³-hybridized carbons (Fsp3) is 0.391. The van der Waals surface area contributed by atoms with Crippen molar-refractivity contribution in [2.24, 2.45) is 0 Å². The smallest absolute Gasteiger partial charge is 0.238 e. The van der Waals surface area contributed by atoms with Gasteiger partial charge in [-0.1, -0.05) is 43.3 Å². The summed E-state index contributed by atoms with van der Waals surface area (Å²) in [4.78, 5) is 28.7. The van der Waals surface area contributed by atoms with Crippen LogP contribution in [-0.2, 0) is 22.6 Å². The van der Waals surface area contributed by atoms with E-state index in [0.717, 1.165) is 30.8 Å². The Kier molecular flexibility index (Phi) is 7.93. The van der Waals surface area contributed by atoms with Crippen molar-refractivity contribution in [1.29, 1.82) is 0 Å². The lowest BCUT2D eigenvalue weighted by Gasteiger charge is -2.33. The van der Waals surface area contributed by atoms with Crippen LogP contribution in [0.15, 0.2) is 48.5 Å². The molecule has 0 bridgehead atoms. The number of piperazine rings is 1. The number of hydrogen-bond donors (Lipinski definition) is 2. The number of aryl methyl sites for hydroxylation is 1. The number of para-hydroxylation sites is 1. The quantitative estimate of drug-likeness (QED) is 0.698. The molecule has 7 heteroatoms. The van der Waals surface area contributed by atoms with E-state index in [1.54, 1.807) is 18.2 Å². The van der Waals surface area contributed by atoms with Gasteiger partial charge in [-0.2, -0.15) is 0 Å². The second kappa shape index (κ2) is 10.8. The maximum Gasteiger partial charge on any atom is 0.238 e. The van der Waals surface area contributed by atoms with Gasteiger partial charge in [-0.25, -0.2) is 4.39 Å². The molecule has 0 aliphatic carbocycles. The molecule has 1 aliphatic heterocycles. The summed E-state index contributed by atoms with van der Waals surface area (Å²) in [6.07, 6.45) is 0.869. The Morgan fingerprint density at radius 3 is 2.07 bits per heavy atom. The van der Waals surface area contributed by atoms with Gasteiger partial charge in [0.15, 0.2) is 0 Å². The van der Waals surface area contributed by atoms with Crippen LogP contribution in [0.4, 0.5) is 10.1 Å². The normalized spacial score (nSPS) is 15.0. The van der Waals surface area contributed by atoms with Crippen LogP contribution in [0.1, 0.15) is 18.1 Å². The molecule has 0 saturated carbocycles. The fourth-order valence-corrected chi connectivity index (χ4v) is 3.54. The summed E-state index contributed by atoms with van der Waals surface area (Å²) in [5, 5.41) is 5.77. The number of anilines is 1. The van der Waals surface area contributed by atoms with Crippen LogP contribution in [0.25, 0.3) is 0 Å². The van der Waals surface area contributed by atoms with Gasteiger partial charge in [0, 0.05) is 44.0 Å². The first-order valence-electron chi connectivity index (χ1n) is 10.4. The predicted octanol–water partition coefficient (Wildman–Crippen LogP) is 2.26. The van der Waals surface area contributed by atoms with Gasteiger partial charge in [0.25, 0.3) is 0 Å². The zero-order valence-electron chi connectivity index (χ0n) is 17.4. The van der Waals surface area contributed by atoms with Gasteiger partial charge in [-0.05, 0) is 24.1 Å². The average Bonchev–Trinajstić information content (AvgIpc) is 2.75. The van der Waals surface area contributed by atoms with Crippen molar-refractivity contribution in [3.63, 3.8) is 0 Å². The van der Waals surface area contributed by atoms with Gasteiger partial charge in [0.05, 0.1) is 13.1 Å². The van der Waals surface area contributed by atoms with E-state index in [2.05, 4.69) is 27.4 Å². The number of benzene rings is 2. The first-order chi connectivity index (χ1) is 14.5. The van der Waals surface area contributed by atoms with Gasteiger partial charge in [-0.15, -0.1) is 0 Å². The molecular weight excluding hydrogens is 383 g/mol. The van der Waals surface area contributed by atoms with Crippen molar-refractivity contribution < 1.29 is 14.0 Å². The lowest BCUT2D eigenvalue weighted by atomic mass is 10.1. The van der Waals surface area contributed by atoms with Gasteiger partial charge in [0.1, 0.15) is 5.82 Å². The monoisotopic (exact) mass is 412 g/mol. The number of carbonyl (C=O) groups is 2. The highest BCUT2D eigenvalue weighted by Crippen LogP contribution is 2.15. The Labute approximate surface area is 177 Å². The Hall–Kier alpha value is -2.77. The largest absolute Gasteiger partial charge is 0.351 e. The third-order valence-electron chi connectivity index (χ3n) is 5.31. The highest BCUT2D eigenvalue weighted by Gasteiger charge is 2.21. The van der Waals surface area contributed by atoms with Crippen LogP contribution >= 0.6 is 0 Å². The molecule has 30 heavy (non-hydrogen) atoms. The molecule has 2 N–H and O–H groups in total. The molecule has 3 rings (SSSR count). The molecule has 0 atom stereocenters. The summed E-state index contributed by atoms with van der Waals surface area (Å²) in [6.45, 7) is 5.75. The SMILES string of the molecule is CCc1ccccc1NC(=O)CN1CCN(CC(=O)NCc2ccccc2F)CC1. The molecule has 0 unspecified atom stereocenters. The zero-order chi connectivity index (χ0) is 21.3. The summed E-state index contributed by atoms with van der Waals surface area (Å²) in [7, 11) is 0. The summed E-state index contributed by atoms with van der Waals surface area (Å²) in [5.74, 6) is -0.459. The van der Waals surface area contributed by atoms with E-state index >= 15 is 0 Å².